The molecule has 7 heavy (non-hydrogen) atoms. The smallest absolute Gasteiger partial charge is 0.0152 e. The van der Waals surface area contributed by atoms with Gasteiger partial charge >= 0.3 is 0 Å². The van der Waals surface area contributed by atoms with Gasteiger partial charge in [0.1, 0.15) is 0 Å². The second-order valence-electron chi connectivity index (χ2n) is 1.58. The van der Waals surface area contributed by atoms with Gasteiger partial charge in [-0.2, -0.15) is 0 Å². The first-order valence-electron chi connectivity index (χ1n) is 2.12. The van der Waals surface area contributed by atoms with E-state index in [9.17, 15) is 0 Å². The molecule has 0 saturated heterocycles. The Morgan fingerprint density at radius 1 is 1.57 bits per heavy atom. The van der Waals surface area contributed by atoms with Crippen molar-refractivity contribution < 1.29 is 0 Å². The summed E-state index contributed by atoms with van der Waals surface area (Å²) in [7, 11) is 0. The van der Waals surface area contributed by atoms with E-state index in [1.54, 1.807) is 0 Å². The molecule has 0 amide bonds. The Hall–Kier alpha value is -0.230. The van der Waals surface area contributed by atoms with Crippen LogP contribution in [-0.4, -0.2) is 0 Å². The monoisotopic (exact) mass is 116 g/mol. The van der Waals surface area contributed by atoms with Gasteiger partial charge in [-0.15, -0.1) is 0 Å². The molecule has 0 aromatic heterocycles. The van der Waals surface area contributed by atoms with Crippen molar-refractivity contribution in [1.29, 1.82) is 0 Å². The topological polar surface area (TPSA) is 0 Å². The van der Waals surface area contributed by atoms with Crippen LogP contribution < -0.4 is 0 Å². The quantitative estimate of drug-likeness (QED) is 0.462. The fourth-order valence-corrected chi connectivity index (χ4v) is 0.526. The summed E-state index contributed by atoms with van der Waals surface area (Å²) in [4.78, 5) is 0. The molecule has 0 aliphatic carbocycles. The van der Waals surface area contributed by atoms with Crippen molar-refractivity contribution in [2.75, 3.05) is 0 Å². The van der Waals surface area contributed by atoms with Crippen LogP contribution in [0.25, 0.3) is 0 Å². The van der Waals surface area contributed by atoms with Crippen LogP contribution in [0.1, 0.15) is 13.8 Å². The minimum absolute atomic E-state index is 0.785. The van der Waals surface area contributed by atoms with Crippen molar-refractivity contribution in [3.63, 3.8) is 0 Å². The lowest BCUT2D eigenvalue weighted by Crippen LogP contribution is -1.61. The molecule has 0 unspecified atom stereocenters. The van der Waals surface area contributed by atoms with Crippen LogP contribution in [0.4, 0.5) is 0 Å². The predicted molar refractivity (Wildman–Crippen MR) is 34.4 cm³/mol. The molecule has 0 rings (SSSR count). The number of halogens is 1. The minimum atomic E-state index is 0.785. The summed E-state index contributed by atoms with van der Waals surface area (Å²) in [6, 6.07) is 0. The summed E-state index contributed by atoms with van der Waals surface area (Å²) in [5, 5.41) is 0.785. The maximum Gasteiger partial charge on any atom is 0.0152 e. The Labute approximate surface area is 49.5 Å². The molecule has 40 valence electrons. The molecule has 0 atom stereocenters. The van der Waals surface area contributed by atoms with Gasteiger partial charge in [-0.05, 0) is 19.9 Å². The lowest BCUT2D eigenvalue weighted by Gasteiger charge is -1.83. The maximum atomic E-state index is 5.47. The van der Waals surface area contributed by atoms with E-state index in [1.165, 1.54) is 0 Å². The predicted octanol–water partition coefficient (Wildman–Crippen LogP) is 2.71. The average molecular weight is 117 g/mol. The van der Waals surface area contributed by atoms with Gasteiger partial charge in [0.25, 0.3) is 0 Å². The first-order valence-corrected chi connectivity index (χ1v) is 2.50. The second kappa shape index (κ2) is 2.86. The van der Waals surface area contributed by atoms with Crippen LogP contribution in [-0.2, 0) is 0 Å². The Morgan fingerprint density at radius 3 is 2.00 bits per heavy atom. The van der Waals surface area contributed by atoms with E-state index in [1.807, 2.05) is 19.9 Å². The van der Waals surface area contributed by atoms with Gasteiger partial charge < -0.3 is 0 Å². The fourth-order valence-electron chi connectivity index (χ4n) is 0.340. The molecule has 0 aliphatic heterocycles. The van der Waals surface area contributed by atoms with Crippen molar-refractivity contribution in [2.45, 2.75) is 13.8 Å². The highest BCUT2D eigenvalue weighted by Crippen LogP contribution is 2.01. The number of rotatable bonds is 1. The van der Waals surface area contributed by atoms with Gasteiger partial charge in [-0.3, -0.25) is 0 Å². The summed E-state index contributed by atoms with van der Waals surface area (Å²) in [6.07, 6.45) is 1.82. The van der Waals surface area contributed by atoms with Crippen molar-refractivity contribution in [3.8, 4) is 0 Å². The zero-order chi connectivity index (χ0) is 5.86. The highest BCUT2D eigenvalue weighted by molar-refractivity contribution is 6.29. The second-order valence-corrected chi connectivity index (χ2v) is 2.17. The first kappa shape index (κ1) is 6.77. The van der Waals surface area contributed by atoms with Crippen molar-refractivity contribution in [1.82, 2.24) is 0 Å². The summed E-state index contributed by atoms with van der Waals surface area (Å²) in [5.41, 5.74) is 0.993. The van der Waals surface area contributed by atoms with E-state index < -0.39 is 0 Å². The molecule has 0 bridgehead atoms. The highest BCUT2D eigenvalue weighted by atomic mass is 35.5. The zero-order valence-electron chi connectivity index (χ0n) is 4.66. The molecule has 0 heterocycles. The number of hydrogen-bond donors (Lipinski definition) is 0. The largest absolute Gasteiger partial charge is 0.0961 e. The molecular weight excluding hydrogens is 108 g/mol. The Kier molecular flexibility index (Phi) is 2.77. The van der Waals surface area contributed by atoms with Crippen LogP contribution in [0.3, 0.4) is 0 Å². The van der Waals surface area contributed by atoms with Crippen molar-refractivity contribution in [3.05, 3.63) is 23.3 Å². The summed E-state index contributed by atoms with van der Waals surface area (Å²) >= 11 is 5.47. The summed E-state index contributed by atoms with van der Waals surface area (Å²) < 4.78 is 0. The van der Waals surface area contributed by atoms with Gasteiger partial charge in [0.2, 0.25) is 0 Å². The molecule has 0 fully saturated rings. The third kappa shape index (κ3) is 5.77. The number of allylic oxidation sites excluding steroid dienone is 3. The minimum Gasteiger partial charge on any atom is -0.0961 e. The lowest BCUT2D eigenvalue weighted by molar-refractivity contribution is 1.51. The third-order valence-electron chi connectivity index (χ3n) is 0.445. The van der Waals surface area contributed by atoms with Gasteiger partial charge in [-0.25, -0.2) is 0 Å². The third-order valence-corrected chi connectivity index (χ3v) is 0.554. The van der Waals surface area contributed by atoms with E-state index in [4.69, 9.17) is 11.6 Å². The molecule has 0 aliphatic rings. The normalized spacial score (nSPS) is 11.6. The maximum absolute atomic E-state index is 5.47. The molecule has 0 radical (unpaired) electrons. The zero-order valence-corrected chi connectivity index (χ0v) is 5.42. The van der Waals surface area contributed by atoms with E-state index in [0.29, 0.717) is 0 Å². The average Bonchev–Trinajstić information content (AvgIpc) is 1.27. The SMILES string of the molecule is C=C(C)/C=C(\C)Cl. The van der Waals surface area contributed by atoms with Gasteiger partial charge in [0, 0.05) is 5.03 Å². The Balaban J connectivity index is 3.68. The Bertz CT molecular complexity index is 96.7. The molecule has 0 nitrogen and oxygen atoms in total. The Morgan fingerprint density at radius 2 is 2.00 bits per heavy atom. The van der Waals surface area contributed by atoms with Gasteiger partial charge in [-0.1, -0.05) is 23.8 Å². The molecule has 0 N–H and O–H groups in total. The van der Waals surface area contributed by atoms with Crippen molar-refractivity contribution >= 4 is 11.6 Å². The van der Waals surface area contributed by atoms with Crippen LogP contribution >= 0.6 is 11.6 Å². The molecule has 0 spiro atoms. The summed E-state index contributed by atoms with van der Waals surface area (Å²) in [6.45, 7) is 7.37. The van der Waals surface area contributed by atoms with Gasteiger partial charge in [0.05, 0.1) is 0 Å². The van der Waals surface area contributed by atoms with E-state index in [-0.39, 0.29) is 0 Å². The molecule has 1 heteroatoms. The summed E-state index contributed by atoms with van der Waals surface area (Å²) in [5.74, 6) is 0. The van der Waals surface area contributed by atoms with E-state index in [2.05, 4.69) is 6.58 Å². The standard InChI is InChI=1S/C6H9Cl/c1-5(2)4-6(3)7/h4H,1H2,2-3H3/b6-4+. The fraction of sp³-hybridized carbons (Fsp3) is 0.333. The number of hydrogen-bond acceptors (Lipinski definition) is 0. The van der Waals surface area contributed by atoms with Crippen LogP contribution in [0.2, 0.25) is 0 Å². The van der Waals surface area contributed by atoms with Crippen molar-refractivity contribution in [2.24, 2.45) is 0 Å². The first-order chi connectivity index (χ1) is 3.13. The molecule has 0 aromatic carbocycles. The molecule has 0 saturated carbocycles. The van der Waals surface area contributed by atoms with E-state index in [0.717, 1.165) is 10.6 Å². The van der Waals surface area contributed by atoms with Crippen LogP contribution in [0, 0.1) is 0 Å². The molecule has 0 aromatic rings. The van der Waals surface area contributed by atoms with E-state index >= 15 is 0 Å². The highest BCUT2D eigenvalue weighted by Gasteiger charge is 1.76. The van der Waals surface area contributed by atoms with Crippen LogP contribution in [0.5, 0.6) is 0 Å². The van der Waals surface area contributed by atoms with Gasteiger partial charge in [0.15, 0.2) is 0 Å². The molecular formula is C6H9Cl. The lowest BCUT2D eigenvalue weighted by atomic mass is 10.3. The van der Waals surface area contributed by atoms with Crippen LogP contribution in [0.15, 0.2) is 23.3 Å².